The normalized spacial score (nSPS) is 46.0. The van der Waals surface area contributed by atoms with Crippen LogP contribution in [0.4, 0.5) is 0 Å². The monoisotopic (exact) mass is 142 g/mol. The molecule has 0 aromatic rings. The van der Waals surface area contributed by atoms with E-state index in [1.807, 2.05) is 25.2 Å². The fraction of sp³-hybridized carbons (Fsp3) is 0.429. The van der Waals surface area contributed by atoms with Gasteiger partial charge >= 0.3 is 0 Å². The quantitative estimate of drug-likeness (QED) is 0.470. The van der Waals surface area contributed by atoms with Crippen LogP contribution >= 0.6 is 11.6 Å². The van der Waals surface area contributed by atoms with Gasteiger partial charge in [0.1, 0.15) is 11.7 Å². The molecule has 0 bridgehead atoms. The lowest BCUT2D eigenvalue weighted by molar-refractivity contribution is 0.357. The van der Waals surface area contributed by atoms with Crippen molar-refractivity contribution in [1.82, 2.24) is 0 Å². The van der Waals surface area contributed by atoms with Crippen LogP contribution < -0.4 is 0 Å². The number of hydrogen-bond donors (Lipinski definition) is 0. The number of fused-ring (bicyclic) bond motifs is 1. The summed E-state index contributed by atoms with van der Waals surface area (Å²) < 4.78 is 5.29. The first kappa shape index (κ1) is 5.51. The summed E-state index contributed by atoms with van der Waals surface area (Å²) in [6.07, 6.45) is 6.06. The van der Waals surface area contributed by atoms with Crippen LogP contribution in [0, 0.1) is 0 Å². The fourth-order valence-electron chi connectivity index (χ4n) is 1.02. The van der Waals surface area contributed by atoms with E-state index in [9.17, 15) is 0 Å². The van der Waals surface area contributed by atoms with Gasteiger partial charge in [0.25, 0.3) is 0 Å². The number of hydrogen-bond acceptors (Lipinski definition) is 1. The van der Waals surface area contributed by atoms with E-state index in [1.165, 1.54) is 0 Å². The zero-order chi connectivity index (χ0) is 6.48. The first-order chi connectivity index (χ1) is 4.21. The highest BCUT2D eigenvalue weighted by atomic mass is 35.5. The zero-order valence-electron chi connectivity index (χ0n) is 5.10. The van der Waals surface area contributed by atoms with Crippen molar-refractivity contribution in [3.05, 3.63) is 23.3 Å². The van der Waals surface area contributed by atoms with Crippen LogP contribution in [0.5, 0.6) is 0 Å². The molecule has 1 saturated heterocycles. The molecule has 2 rings (SSSR count). The van der Waals surface area contributed by atoms with Crippen LogP contribution in [0.2, 0.25) is 0 Å². The third kappa shape index (κ3) is 0.723. The van der Waals surface area contributed by atoms with Crippen molar-refractivity contribution in [2.75, 3.05) is 0 Å². The van der Waals surface area contributed by atoms with Crippen molar-refractivity contribution in [3.63, 3.8) is 0 Å². The van der Waals surface area contributed by atoms with Gasteiger partial charge in [-0.15, -0.1) is 0 Å². The van der Waals surface area contributed by atoms with Gasteiger partial charge in [-0.1, -0.05) is 11.6 Å². The summed E-state index contributed by atoms with van der Waals surface area (Å²) >= 11 is 5.69. The minimum atomic E-state index is -0.0155. The van der Waals surface area contributed by atoms with Crippen LogP contribution in [0.25, 0.3) is 0 Å². The molecule has 0 saturated carbocycles. The molecule has 0 N–H and O–H groups in total. The highest BCUT2D eigenvalue weighted by Gasteiger charge is 2.50. The second-order valence-electron chi connectivity index (χ2n) is 2.61. The molecule has 0 radical (unpaired) electrons. The summed E-state index contributed by atoms with van der Waals surface area (Å²) in [7, 11) is 0. The molecule has 2 aliphatic rings. The third-order valence-electron chi connectivity index (χ3n) is 1.77. The van der Waals surface area contributed by atoms with Gasteiger partial charge in [-0.25, -0.2) is 0 Å². The molecule has 9 heavy (non-hydrogen) atoms. The van der Waals surface area contributed by atoms with E-state index in [2.05, 4.69) is 0 Å². The molecule has 2 atom stereocenters. The smallest absolute Gasteiger partial charge is 0.114 e. The summed E-state index contributed by atoms with van der Waals surface area (Å²) in [4.78, 5) is 0. The van der Waals surface area contributed by atoms with Crippen molar-refractivity contribution in [1.29, 1.82) is 0 Å². The maximum absolute atomic E-state index is 5.69. The standard InChI is InChI=1S/C7H7ClO/c1-7-3-2-5(8)4-6(7)9-7/h2-4,6H,1H3. The van der Waals surface area contributed by atoms with E-state index in [0.717, 1.165) is 5.03 Å². The number of halogens is 1. The maximum Gasteiger partial charge on any atom is 0.114 e. The highest BCUT2D eigenvalue weighted by molar-refractivity contribution is 6.31. The molecule has 0 aromatic heterocycles. The SMILES string of the molecule is CC12C=CC(Cl)=CC1O2. The molecule has 1 fully saturated rings. The van der Waals surface area contributed by atoms with E-state index < -0.39 is 0 Å². The Morgan fingerprint density at radius 1 is 1.78 bits per heavy atom. The summed E-state index contributed by atoms with van der Waals surface area (Å²) in [5.41, 5.74) is -0.0155. The van der Waals surface area contributed by atoms with Crippen molar-refractivity contribution >= 4 is 11.6 Å². The maximum atomic E-state index is 5.69. The van der Waals surface area contributed by atoms with Crippen LogP contribution in [-0.2, 0) is 4.74 Å². The van der Waals surface area contributed by atoms with Crippen molar-refractivity contribution in [2.45, 2.75) is 18.6 Å². The first-order valence-corrected chi connectivity index (χ1v) is 3.33. The average Bonchev–Trinajstić information content (AvgIpc) is 2.41. The van der Waals surface area contributed by atoms with E-state index >= 15 is 0 Å². The Bertz CT molecular complexity index is 207. The number of allylic oxidation sites excluding steroid dienone is 2. The second-order valence-corrected chi connectivity index (χ2v) is 3.04. The molecule has 1 aliphatic heterocycles. The number of ether oxygens (including phenoxy) is 1. The minimum Gasteiger partial charge on any atom is -0.357 e. The average molecular weight is 143 g/mol. The van der Waals surface area contributed by atoms with Crippen LogP contribution in [0.1, 0.15) is 6.92 Å². The van der Waals surface area contributed by atoms with E-state index in [4.69, 9.17) is 16.3 Å². The Labute approximate surface area is 59.0 Å². The Morgan fingerprint density at radius 2 is 2.56 bits per heavy atom. The molecule has 0 amide bonds. The molecule has 2 heteroatoms. The second kappa shape index (κ2) is 1.41. The van der Waals surface area contributed by atoms with Crippen LogP contribution in [-0.4, -0.2) is 11.7 Å². The Kier molecular flexibility index (Phi) is 0.866. The van der Waals surface area contributed by atoms with Crippen molar-refractivity contribution in [2.24, 2.45) is 0 Å². The third-order valence-corrected chi connectivity index (χ3v) is 2.02. The molecular formula is C7H7ClO. The molecule has 1 aliphatic carbocycles. The van der Waals surface area contributed by atoms with Gasteiger partial charge in [-0.05, 0) is 25.2 Å². The topological polar surface area (TPSA) is 12.5 Å². The van der Waals surface area contributed by atoms with Gasteiger partial charge in [-0.2, -0.15) is 0 Å². The largest absolute Gasteiger partial charge is 0.357 e. The van der Waals surface area contributed by atoms with Crippen LogP contribution in [0.15, 0.2) is 23.3 Å². The Hall–Kier alpha value is -0.270. The number of rotatable bonds is 0. The van der Waals surface area contributed by atoms with E-state index in [0.29, 0.717) is 0 Å². The Balaban J connectivity index is 2.31. The van der Waals surface area contributed by atoms with Gasteiger partial charge in [0, 0.05) is 5.03 Å². The lowest BCUT2D eigenvalue weighted by atomic mass is 10.0. The van der Waals surface area contributed by atoms with Crippen LogP contribution in [0.3, 0.4) is 0 Å². The van der Waals surface area contributed by atoms with Crippen molar-refractivity contribution in [3.8, 4) is 0 Å². The van der Waals surface area contributed by atoms with Gasteiger partial charge in [0.15, 0.2) is 0 Å². The molecular weight excluding hydrogens is 136 g/mol. The zero-order valence-corrected chi connectivity index (χ0v) is 5.85. The molecule has 1 nitrogen and oxygen atoms in total. The summed E-state index contributed by atoms with van der Waals surface area (Å²) in [6, 6.07) is 0. The molecule has 0 spiro atoms. The summed E-state index contributed by atoms with van der Waals surface area (Å²) in [5, 5.41) is 0.787. The van der Waals surface area contributed by atoms with Gasteiger partial charge in [-0.3, -0.25) is 0 Å². The van der Waals surface area contributed by atoms with Crippen molar-refractivity contribution < 1.29 is 4.74 Å². The fourth-order valence-corrected chi connectivity index (χ4v) is 1.20. The Morgan fingerprint density at radius 3 is 3.11 bits per heavy atom. The molecule has 0 aromatic carbocycles. The predicted molar refractivity (Wildman–Crippen MR) is 36.4 cm³/mol. The van der Waals surface area contributed by atoms with Gasteiger partial charge in [0.2, 0.25) is 0 Å². The van der Waals surface area contributed by atoms with Gasteiger partial charge < -0.3 is 4.74 Å². The number of epoxide rings is 1. The van der Waals surface area contributed by atoms with Gasteiger partial charge in [0.05, 0.1) is 0 Å². The first-order valence-electron chi connectivity index (χ1n) is 2.95. The van der Waals surface area contributed by atoms with E-state index in [-0.39, 0.29) is 11.7 Å². The van der Waals surface area contributed by atoms with E-state index in [1.54, 1.807) is 0 Å². The lowest BCUT2D eigenvalue weighted by Gasteiger charge is -1.99. The molecule has 1 heterocycles. The predicted octanol–water partition coefficient (Wildman–Crippen LogP) is 1.84. The minimum absolute atomic E-state index is 0.0155. The molecule has 2 unspecified atom stereocenters. The highest BCUT2D eigenvalue weighted by Crippen LogP contribution is 2.42. The summed E-state index contributed by atoms with van der Waals surface area (Å²) in [6.45, 7) is 2.05. The molecule has 48 valence electrons. The lowest BCUT2D eigenvalue weighted by Crippen LogP contribution is -2.06. The summed E-state index contributed by atoms with van der Waals surface area (Å²) in [5.74, 6) is 0.